The summed E-state index contributed by atoms with van der Waals surface area (Å²) in [5.74, 6) is 0.639. The van der Waals surface area contributed by atoms with Gasteiger partial charge in [-0.25, -0.2) is 9.37 Å². The number of aromatic nitrogens is 1. The number of fused-ring (bicyclic) bond motifs is 1. The van der Waals surface area contributed by atoms with Crippen LogP contribution in [0.4, 0.5) is 16.0 Å². The fourth-order valence-electron chi connectivity index (χ4n) is 2.57. The van der Waals surface area contributed by atoms with Crippen molar-refractivity contribution in [1.29, 1.82) is 0 Å². The number of rotatable bonds is 3. The van der Waals surface area contributed by atoms with E-state index in [1.54, 1.807) is 24.3 Å². The van der Waals surface area contributed by atoms with Gasteiger partial charge in [0.15, 0.2) is 17.7 Å². The quantitative estimate of drug-likeness (QED) is 0.945. The van der Waals surface area contributed by atoms with E-state index in [9.17, 15) is 9.18 Å². The third-order valence-corrected chi connectivity index (χ3v) is 3.72. The lowest BCUT2D eigenvalue weighted by atomic mass is 10.0. The Morgan fingerprint density at radius 3 is 2.83 bits per heavy atom. The summed E-state index contributed by atoms with van der Waals surface area (Å²) in [6.45, 7) is 4.05. The first-order chi connectivity index (χ1) is 11.0. The lowest BCUT2D eigenvalue weighted by molar-refractivity contribution is -0.128. The fourth-order valence-corrected chi connectivity index (χ4v) is 2.57. The molecule has 3 rings (SSSR count). The maximum atomic E-state index is 13.4. The molecule has 0 spiro atoms. The van der Waals surface area contributed by atoms with Crippen molar-refractivity contribution in [2.45, 2.75) is 26.5 Å². The van der Waals surface area contributed by atoms with Crippen molar-refractivity contribution >= 4 is 17.5 Å². The first kappa shape index (κ1) is 15.3. The highest BCUT2D eigenvalue weighted by molar-refractivity contribution is 5.99. The number of carbonyl (C=O) groups excluding carboxylic acids is 1. The lowest BCUT2D eigenvalue weighted by Crippen LogP contribution is -2.48. The van der Waals surface area contributed by atoms with E-state index in [1.807, 2.05) is 13.8 Å². The second-order valence-electron chi connectivity index (χ2n) is 5.89. The monoisotopic (exact) mass is 315 g/mol. The molecule has 23 heavy (non-hydrogen) atoms. The molecule has 1 aromatic heterocycles. The predicted molar refractivity (Wildman–Crippen MR) is 85.5 cm³/mol. The summed E-state index contributed by atoms with van der Waals surface area (Å²) < 4.78 is 19.2. The van der Waals surface area contributed by atoms with E-state index >= 15 is 0 Å². The Morgan fingerprint density at radius 2 is 2.13 bits per heavy atom. The number of nitrogens with two attached hydrogens (primary N) is 1. The van der Waals surface area contributed by atoms with Crippen molar-refractivity contribution in [1.82, 2.24) is 4.98 Å². The van der Waals surface area contributed by atoms with E-state index in [-0.39, 0.29) is 24.2 Å². The number of pyridine rings is 1. The van der Waals surface area contributed by atoms with Gasteiger partial charge in [0, 0.05) is 0 Å². The molecule has 2 heterocycles. The Balaban J connectivity index is 2.02. The average molecular weight is 315 g/mol. The van der Waals surface area contributed by atoms with Crippen LogP contribution < -0.4 is 15.4 Å². The molecule has 0 bridgehead atoms. The molecule has 6 heteroatoms. The number of hydrogen-bond donors (Lipinski definition) is 1. The zero-order valence-electron chi connectivity index (χ0n) is 13.0. The summed E-state index contributed by atoms with van der Waals surface area (Å²) in [4.78, 5) is 18.5. The van der Waals surface area contributed by atoms with Crippen LogP contribution in [0.3, 0.4) is 0 Å². The van der Waals surface area contributed by atoms with E-state index < -0.39 is 6.10 Å². The van der Waals surface area contributed by atoms with Gasteiger partial charge in [-0.1, -0.05) is 26.0 Å². The van der Waals surface area contributed by atoms with Crippen LogP contribution in [-0.4, -0.2) is 17.0 Å². The Kier molecular flexibility index (Phi) is 3.90. The second-order valence-corrected chi connectivity index (χ2v) is 5.89. The number of anilines is 2. The standard InChI is InChI=1S/C17H18FN3O2/c1-10(2)15-17(22)21(9-11-4-3-5-12(18)8-11)16-13(23-15)6-7-14(19)20-16/h3-8,10,15H,9H2,1-2H3,(H2,19,20). The Labute approximate surface area is 133 Å². The van der Waals surface area contributed by atoms with Gasteiger partial charge in [0.2, 0.25) is 0 Å². The van der Waals surface area contributed by atoms with Crippen molar-refractivity contribution in [2.24, 2.45) is 5.92 Å². The summed E-state index contributed by atoms with van der Waals surface area (Å²) in [6, 6.07) is 9.49. The number of carbonyl (C=O) groups is 1. The molecule has 1 unspecified atom stereocenters. The van der Waals surface area contributed by atoms with Crippen molar-refractivity contribution in [3.8, 4) is 5.75 Å². The summed E-state index contributed by atoms with van der Waals surface area (Å²) in [5, 5.41) is 0. The van der Waals surface area contributed by atoms with E-state index in [0.717, 1.165) is 0 Å². The predicted octanol–water partition coefficient (Wildman–Crippen LogP) is 2.75. The highest BCUT2D eigenvalue weighted by Crippen LogP contribution is 2.35. The minimum Gasteiger partial charge on any atom is -0.476 e. The van der Waals surface area contributed by atoms with Gasteiger partial charge < -0.3 is 10.5 Å². The van der Waals surface area contributed by atoms with E-state index in [0.29, 0.717) is 22.9 Å². The smallest absolute Gasteiger partial charge is 0.269 e. The van der Waals surface area contributed by atoms with Crippen LogP contribution in [0.25, 0.3) is 0 Å². The summed E-state index contributed by atoms with van der Waals surface area (Å²) in [7, 11) is 0. The Hall–Kier alpha value is -2.63. The lowest BCUT2D eigenvalue weighted by Gasteiger charge is -2.35. The molecule has 0 saturated carbocycles. The minimum atomic E-state index is -0.596. The molecule has 120 valence electrons. The molecular weight excluding hydrogens is 297 g/mol. The zero-order chi connectivity index (χ0) is 16.6. The van der Waals surface area contributed by atoms with Crippen LogP contribution in [0, 0.1) is 11.7 Å². The minimum absolute atomic E-state index is 0.00297. The van der Waals surface area contributed by atoms with Gasteiger partial charge in [0.05, 0.1) is 6.54 Å². The molecule has 1 aliphatic rings. The highest BCUT2D eigenvalue weighted by atomic mass is 19.1. The number of nitrogen functional groups attached to an aromatic ring is 1. The van der Waals surface area contributed by atoms with Crippen molar-refractivity contribution in [2.75, 3.05) is 10.6 Å². The van der Waals surface area contributed by atoms with E-state index in [4.69, 9.17) is 10.5 Å². The molecule has 1 aromatic carbocycles. The fraction of sp³-hybridized carbons (Fsp3) is 0.294. The number of nitrogens with zero attached hydrogens (tertiary/aromatic N) is 2. The normalized spacial score (nSPS) is 17.1. The number of ether oxygens (including phenoxy) is 1. The van der Waals surface area contributed by atoms with Crippen molar-refractivity contribution in [3.63, 3.8) is 0 Å². The molecule has 0 saturated heterocycles. The Bertz CT molecular complexity index is 748. The molecular formula is C17H18FN3O2. The number of amides is 1. The number of hydrogen-bond acceptors (Lipinski definition) is 4. The summed E-state index contributed by atoms with van der Waals surface area (Å²) in [6.07, 6.45) is -0.596. The van der Waals surface area contributed by atoms with Gasteiger partial charge in [-0.3, -0.25) is 9.69 Å². The van der Waals surface area contributed by atoms with E-state index in [2.05, 4.69) is 4.98 Å². The molecule has 1 atom stereocenters. The molecule has 1 aliphatic heterocycles. The van der Waals surface area contributed by atoms with Gasteiger partial charge in [-0.15, -0.1) is 0 Å². The number of halogens is 1. The second kappa shape index (κ2) is 5.87. The highest BCUT2D eigenvalue weighted by Gasteiger charge is 2.37. The Morgan fingerprint density at radius 1 is 1.35 bits per heavy atom. The summed E-state index contributed by atoms with van der Waals surface area (Å²) in [5.41, 5.74) is 6.42. The zero-order valence-corrected chi connectivity index (χ0v) is 13.0. The molecule has 2 N–H and O–H groups in total. The molecule has 1 amide bonds. The van der Waals surface area contributed by atoms with Crippen molar-refractivity contribution in [3.05, 3.63) is 47.8 Å². The van der Waals surface area contributed by atoms with Crippen LogP contribution in [0.2, 0.25) is 0 Å². The average Bonchev–Trinajstić information content (AvgIpc) is 2.50. The summed E-state index contributed by atoms with van der Waals surface area (Å²) >= 11 is 0. The van der Waals surface area contributed by atoms with Crippen LogP contribution in [0.1, 0.15) is 19.4 Å². The first-order valence-electron chi connectivity index (χ1n) is 7.44. The van der Waals surface area contributed by atoms with Crippen molar-refractivity contribution < 1.29 is 13.9 Å². The van der Waals surface area contributed by atoms with E-state index in [1.165, 1.54) is 17.0 Å². The topological polar surface area (TPSA) is 68.5 Å². The maximum Gasteiger partial charge on any atom is 0.269 e. The maximum absolute atomic E-state index is 13.4. The molecule has 2 aromatic rings. The van der Waals surface area contributed by atoms with Gasteiger partial charge >= 0.3 is 0 Å². The van der Waals surface area contributed by atoms with Crippen LogP contribution in [-0.2, 0) is 11.3 Å². The third kappa shape index (κ3) is 2.97. The van der Waals surface area contributed by atoms with Gasteiger partial charge in [0.25, 0.3) is 5.91 Å². The molecule has 0 radical (unpaired) electrons. The SMILES string of the molecule is CC(C)C1Oc2ccc(N)nc2N(Cc2cccc(F)c2)C1=O. The third-order valence-electron chi connectivity index (χ3n) is 3.72. The van der Waals surface area contributed by atoms with Crippen LogP contribution >= 0.6 is 0 Å². The largest absolute Gasteiger partial charge is 0.476 e. The number of benzene rings is 1. The van der Waals surface area contributed by atoms with Gasteiger partial charge in [-0.05, 0) is 35.7 Å². The van der Waals surface area contributed by atoms with Gasteiger partial charge in [-0.2, -0.15) is 0 Å². The molecule has 0 fully saturated rings. The van der Waals surface area contributed by atoms with Crippen LogP contribution in [0.15, 0.2) is 36.4 Å². The van der Waals surface area contributed by atoms with Gasteiger partial charge in [0.1, 0.15) is 11.6 Å². The first-order valence-corrected chi connectivity index (χ1v) is 7.44. The van der Waals surface area contributed by atoms with Crippen LogP contribution in [0.5, 0.6) is 5.75 Å². The molecule has 5 nitrogen and oxygen atoms in total. The molecule has 0 aliphatic carbocycles.